The molecule has 1 saturated heterocycles. The van der Waals surface area contributed by atoms with Crippen molar-refractivity contribution >= 4 is 0 Å². The number of halogens is 2. The highest BCUT2D eigenvalue weighted by Gasteiger charge is 2.27. The van der Waals surface area contributed by atoms with E-state index < -0.39 is 11.6 Å². The molecule has 2 nitrogen and oxygen atoms in total. The van der Waals surface area contributed by atoms with Gasteiger partial charge < -0.3 is 5.32 Å². The van der Waals surface area contributed by atoms with Gasteiger partial charge >= 0.3 is 0 Å². The van der Waals surface area contributed by atoms with E-state index >= 15 is 0 Å². The van der Waals surface area contributed by atoms with Crippen LogP contribution < -0.4 is 5.32 Å². The fourth-order valence-corrected chi connectivity index (χ4v) is 2.93. The molecule has 4 heteroatoms. The van der Waals surface area contributed by atoms with E-state index in [0.717, 1.165) is 25.9 Å². The van der Waals surface area contributed by atoms with Crippen LogP contribution in [-0.2, 0) is 6.54 Å². The van der Waals surface area contributed by atoms with Gasteiger partial charge in [-0.05, 0) is 37.9 Å². The third-order valence-corrected chi connectivity index (χ3v) is 4.78. The highest BCUT2D eigenvalue weighted by atomic mass is 19.1. The highest BCUT2D eigenvalue weighted by Crippen LogP contribution is 2.21. The molecule has 0 radical (unpaired) electrons. The summed E-state index contributed by atoms with van der Waals surface area (Å²) in [5, 5.41) is 3.58. The SMILES string of the molecule is CCC(C)C1CN(Cc2c(F)cccc2F)C(C)CCN1. The van der Waals surface area contributed by atoms with Gasteiger partial charge in [-0.25, -0.2) is 8.78 Å². The molecule has 1 aromatic rings. The van der Waals surface area contributed by atoms with Gasteiger partial charge in [-0.2, -0.15) is 0 Å². The van der Waals surface area contributed by atoms with Crippen LogP contribution in [0.3, 0.4) is 0 Å². The van der Waals surface area contributed by atoms with Gasteiger partial charge in [0.25, 0.3) is 0 Å². The summed E-state index contributed by atoms with van der Waals surface area (Å²) in [5.74, 6) is -0.331. The average molecular weight is 296 g/mol. The maximum Gasteiger partial charge on any atom is 0.130 e. The largest absolute Gasteiger partial charge is 0.312 e. The first kappa shape index (κ1) is 16.4. The summed E-state index contributed by atoms with van der Waals surface area (Å²) in [4.78, 5) is 2.21. The number of nitrogens with zero attached hydrogens (tertiary/aromatic N) is 1. The molecule has 1 fully saturated rings. The lowest BCUT2D eigenvalue weighted by Crippen LogP contribution is -2.43. The first-order chi connectivity index (χ1) is 10.0. The zero-order chi connectivity index (χ0) is 15.4. The van der Waals surface area contributed by atoms with E-state index in [2.05, 4.69) is 31.0 Å². The molecule has 0 saturated carbocycles. The van der Waals surface area contributed by atoms with Crippen molar-refractivity contribution in [3.8, 4) is 0 Å². The molecule has 2 rings (SSSR count). The van der Waals surface area contributed by atoms with Gasteiger partial charge in [-0.3, -0.25) is 4.90 Å². The van der Waals surface area contributed by atoms with Crippen molar-refractivity contribution in [3.05, 3.63) is 35.4 Å². The zero-order valence-corrected chi connectivity index (χ0v) is 13.2. The van der Waals surface area contributed by atoms with Gasteiger partial charge in [0.05, 0.1) is 0 Å². The normalized spacial score (nSPS) is 25.6. The fraction of sp³-hybridized carbons (Fsp3) is 0.647. The number of hydrogen-bond donors (Lipinski definition) is 1. The summed E-state index contributed by atoms with van der Waals surface area (Å²) in [5.41, 5.74) is 0.189. The van der Waals surface area contributed by atoms with Gasteiger partial charge in [0, 0.05) is 30.7 Å². The molecule has 118 valence electrons. The molecule has 3 unspecified atom stereocenters. The molecule has 0 bridgehead atoms. The van der Waals surface area contributed by atoms with E-state index in [-0.39, 0.29) is 5.56 Å². The molecule has 3 atom stereocenters. The van der Waals surface area contributed by atoms with Crippen molar-refractivity contribution in [1.29, 1.82) is 0 Å². The maximum absolute atomic E-state index is 13.9. The van der Waals surface area contributed by atoms with Crippen LogP contribution in [0.2, 0.25) is 0 Å². The Morgan fingerprint density at radius 3 is 2.62 bits per heavy atom. The molecule has 0 aromatic heterocycles. The number of benzene rings is 1. The zero-order valence-electron chi connectivity index (χ0n) is 13.2. The van der Waals surface area contributed by atoms with Gasteiger partial charge in [-0.15, -0.1) is 0 Å². The second-order valence-corrected chi connectivity index (χ2v) is 6.21. The van der Waals surface area contributed by atoms with E-state index in [4.69, 9.17) is 0 Å². The first-order valence-corrected chi connectivity index (χ1v) is 7.93. The van der Waals surface area contributed by atoms with Gasteiger partial charge in [0.2, 0.25) is 0 Å². The molecule has 1 N–H and O–H groups in total. The van der Waals surface area contributed by atoms with E-state index in [1.807, 2.05) is 0 Å². The van der Waals surface area contributed by atoms with Gasteiger partial charge in [0.1, 0.15) is 11.6 Å². The van der Waals surface area contributed by atoms with Crippen LogP contribution in [0.25, 0.3) is 0 Å². The summed E-state index contributed by atoms with van der Waals surface area (Å²) in [7, 11) is 0. The highest BCUT2D eigenvalue weighted by molar-refractivity contribution is 5.19. The number of rotatable bonds is 4. The van der Waals surface area contributed by atoms with E-state index in [1.54, 1.807) is 0 Å². The second-order valence-electron chi connectivity index (χ2n) is 6.21. The van der Waals surface area contributed by atoms with Crippen molar-refractivity contribution in [3.63, 3.8) is 0 Å². The fourth-order valence-electron chi connectivity index (χ4n) is 2.93. The maximum atomic E-state index is 13.9. The topological polar surface area (TPSA) is 15.3 Å². The Kier molecular flexibility index (Phi) is 5.71. The third kappa shape index (κ3) is 4.01. The Morgan fingerprint density at radius 1 is 1.33 bits per heavy atom. The summed E-state index contributed by atoms with van der Waals surface area (Å²) < 4.78 is 27.7. The summed E-state index contributed by atoms with van der Waals surface area (Å²) in [6, 6.07) is 4.81. The Hall–Kier alpha value is -1.00. The van der Waals surface area contributed by atoms with Crippen LogP contribution in [0.4, 0.5) is 8.78 Å². The predicted octanol–water partition coefficient (Wildman–Crippen LogP) is 3.56. The van der Waals surface area contributed by atoms with Gasteiger partial charge in [0.15, 0.2) is 0 Å². The van der Waals surface area contributed by atoms with Crippen molar-refractivity contribution in [2.45, 2.75) is 52.2 Å². The second kappa shape index (κ2) is 7.32. The molecule has 1 aliphatic rings. The first-order valence-electron chi connectivity index (χ1n) is 7.93. The van der Waals surface area contributed by atoms with Crippen molar-refractivity contribution < 1.29 is 8.78 Å². The Morgan fingerprint density at radius 2 is 2.00 bits per heavy atom. The Labute approximate surface area is 126 Å². The lowest BCUT2D eigenvalue weighted by Gasteiger charge is -2.31. The third-order valence-electron chi connectivity index (χ3n) is 4.78. The average Bonchev–Trinajstić information content (AvgIpc) is 2.64. The van der Waals surface area contributed by atoms with E-state index in [1.165, 1.54) is 18.2 Å². The minimum Gasteiger partial charge on any atom is -0.312 e. The summed E-state index contributed by atoms with van der Waals surface area (Å²) in [6.07, 6.45) is 2.11. The molecule has 0 spiro atoms. The van der Waals surface area contributed by atoms with E-state index in [9.17, 15) is 8.78 Å². The Bertz CT molecular complexity index is 444. The molecule has 1 heterocycles. The van der Waals surface area contributed by atoms with Crippen LogP contribution >= 0.6 is 0 Å². The lowest BCUT2D eigenvalue weighted by atomic mass is 9.98. The summed E-state index contributed by atoms with van der Waals surface area (Å²) in [6.45, 7) is 8.70. The molecule has 0 aliphatic carbocycles. The van der Waals surface area contributed by atoms with E-state index in [0.29, 0.717) is 24.5 Å². The lowest BCUT2D eigenvalue weighted by molar-refractivity contribution is 0.176. The number of nitrogens with one attached hydrogen (secondary N) is 1. The van der Waals surface area contributed by atoms with Crippen LogP contribution in [-0.4, -0.2) is 30.1 Å². The van der Waals surface area contributed by atoms with Crippen LogP contribution in [0, 0.1) is 17.6 Å². The monoisotopic (exact) mass is 296 g/mol. The van der Waals surface area contributed by atoms with Crippen LogP contribution in [0.5, 0.6) is 0 Å². The minimum absolute atomic E-state index is 0.189. The molecular weight excluding hydrogens is 270 g/mol. The van der Waals surface area contributed by atoms with Crippen LogP contribution in [0.15, 0.2) is 18.2 Å². The smallest absolute Gasteiger partial charge is 0.130 e. The molecule has 0 amide bonds. The van der Waals surface area contributed by atoms with Crippen molar-refractivity contribution in [2.75, 3.05) is 13.1 Å². The predicted molar refractivity (Wildman–Crippen MR) is 82.1 cm³/mol. The molecule has 1 aliphatic heterocycles. The van der Waals surface area contributed by atoms with Crippen LogP contribution in [0.1, 0.15) is 39.2 Å². The molecule has 1 aromatic carbocycles. The van der Waals surface area contributed by atoms with Crippen molar-refractivity contribution in [1.82, 2.24) is 10.2 Å². The number of hydrogen-bond acceptors (Lipinski definition) is 2. The van der Waals surface area contributed by atoms with Crippen molar-refractivity contribution in [2.24, 2.45) is 5.92 Å². The Balaban J connectivity index is 2.15. The van der Waals surface area contributed by atoms with Gasteiger partial charge in [-0.1, -0.05) is 26.3 Å². The minimum atomic E-state index is -0.445. The summed E-state index contributed by atoms with van der Waals surface area (Å²) >= 11 is 0. The standard InChI is InChI=1S/C17H26F2N2/c1-4-12(2)17-11-21(13(3)8-9-20-17)10-14-15(18)6-5-7-16(14)19/h5-7,12-13,17,20H,4,8-11H2,1-3H3. The molecule has 21 heavy (non-hydrogen) atoms. The quantitative estimate of drug-likeness (QED) is 0.914. The molecular formula is C17H26F2N2.